The number of nitrogens with zero attached hydrogens (tertiary/aromatic N) is 1. The first-order valence-electron chi connectivity index (χ1n) is 3.39. The van der Waals surface area contributed by atoms with Gasteiger partial charge < -0.3 is 10.2 Å². The molecule has 0 spiro atoms. The van der Waals surface area contributed by atoms with E-state index in [1.807, 2.05) is 0 Å². The smallest absolute Gasteiger partial charge is 0.139 e. The number of hydrogen-bond donors (Lipinski definition) is 2. The summed E-state index contributed by atoms with van der Waals surface area (Å²) in [5.74, 6) is 0. The summed E-state index contributed by atoms with van der Waals surface area (Å²) in [5, 5.41) is 17.5. The third-order valence-electron chi connectivity index (χ3n) is 1.79. The molecule has 1 heterocycles. The van der Waals surface area contributed by atoms with Crippen molar-refractivity contribution in [1.82, 2.24) is 4.90 Å². The number of aliphatic hydroxyl groups is 2. The average Bonchev–Trinajstić information content (AvgIpc) is 1.95. The van der Waals surface area contributed by atoms with Gasteiger partial charge in [-0.3, -0.25) is 4.90 Å². The van der Waals surface area contributed by atoms with E-state index in [2.05, 4.69) is 0 Å². The van der Waals surface area contributed by atoms with E-state index < -0.39 is 12.3 Å². The number of aliphatic hydroxyl groups excluding tert-OH is 2. The van der Waals surface area contributed by atoms with Crippen LogP contribution in [-0.4, -0.2) is 47.2 Å². The Morgan fingerprint density at radius 1 is 1.60 bits per heavy atom. The summed E-state index contributed by atoms with van der Waals surface area (Å²) in [5.41, 5.74) is 0. The highest BCUT2D eigenvalue weighted by molar-refractivity contribution is 4.77. The maximum absolute atomic E-state index is 12.6. The number of hydrogen-bond acceptors (Lipinski definition) is 3. The van der Waals surface area contributed by atoms with Gasteiger partial charge in [0.25, 0.3) is 0 Å². The van der Waals surface area contributed by atoms with Crippen LogP contribution in [0.15, 0.2) is 0 Å². The average molecular weight is 149 g/mol. The van der Waals surface area contributed by atoms with Crippen molar-refractivity contribution in [2.24, 2.45) is 0 Å². The fourth-order valence-electron chi connectivity index (χ4n) is 1.08. The molecule has 0 saturated carbocycles. The zero-order valence-electron chi connectivity index (χ0n) is 5.70. The fourth-order valence-corrected chi connectivity index (χ4v) is 1.08. The van der Waals surface area contributed by atoms with E-state index in [4.69, 9.17) is 10.2 Å². The molecule has 2 unspecified atom stereocenters. The Morgan fingerprint density at radius 3 is 2.80 bits per heavy atom. The highest BCUT2D eigenvalue weighted by Crippen LogP contribution is 2.12. The van der Waals surface area contributed by atoms with Crippen molar-refractivity contribution in [3.8, 4) is 0 Å². The Labute approximate surface area is 59.1 Å². The maximum atomic E-state index is 12.6. The normalized spacial score (nSPS) is 36.3. The molecule has 1 aliphatic heterocycles. The lowest BCUT2D eigenvalue weighted by Gasteiger charge is -2.30. The number of likely N-dealkylation sites (tertiary alicyclic amines) is 1. The highest BCUT2D eigenvalue weighted by Gasteiger charge is 2.26. The van der Waals surface area contributed by atoms with Crippen LogP contribution in [0.4, 0.5) is 4.39 Å². The molecule has 3 nitrogen and oxygen atoms in total. The molecule has 0 radical (unpaired) electrons. The fraction of sp³-hybridized carbons (Fsp3) is 1.00. The molecular formula is C6H12FNO2. The largest absolute Gasteiger partial charge is 0.390 e. The zero-order chi connectivity index (χ0) is 7.56. The molecule has 0 aliphatic carbocycles. The first kappa shape index (κ1) is 7.91. The van der Waals surface area contributed by atoms with Crippen molar-refractivity contribution in [3.05, 3.63) is 0 Å². The second kappa shape index (κ2) is 3.27. The van der Waals surface area contributed by atoms with Gasteiger partial charge in [0.15, 0.2) is 0 Å². The van der Waals surface area contributed by atoms with Gasteiger partial charge in [-0.25, -0.2) is 4.39 Å². The lowest BCUT2D eigenvalue weighted by molar-refractivity contribution is -0.0214. The molecule has 1 saturated heterocycles. The number of halogens is 1. The van der Waals surface area contributed by atoms with Gasteiger partial charge in [-0.2, -0.15) is 0 Å². The molecule has 2 N–H and O–H groups in total. The maximum Gasteiger partial charge on any atom is 0.139 e. The number of rotatable bonds is 1. The molecule has 0 aromatic carbocycles. The predicted octanol–water partition coefficient (Wildman–Crippen LogP) is -0.659. The van der Waals surface area contributed by atoms with Gasteiger partial charge >= 0.3 is 0 Å². The van der Waals surface area contributed by atoms with Crippen molar-refractivity contribution in [2.45, 2.75) is 18.7 Å². The van der Waals surface area contributed by atoms with Crippen LogP contribution in [0.1, 0.15) is 6.42 Å². The van der Waals surface area contributed by atoms with Crippen molar-refractivity contribution >= 4 is 0 Å². The van der Waals surface area contributed by atoms with E-state index in [1.165, 1.54) is 0 Å². The van der Waals surface area contributed by atoms with Crippen LogP contribution < -0.4 is 0 Å². The summed E-state index contributed by atoms with van der Waals surface area (Å²) in [7, 11) is 0. The molecule has 1 aliphatic rings. The van der Waals surface area contributed by atoms with Gasteiger partial charge in [-0.05, 0) is 6.42 Å². The van der Waals surface area contributed by atoms with Gasteiger partial charge in [-0.15, -0.1) is 0 Å². The third kappa shape index (κ3) is 1.65. The van der Waals surface area contributed by atoms with E-state index in [0.29, 0.717) is 13.0 Å². The van der Waals surface area contributed by atoms with Crippen molar-refractivity contribution < 1.29 is 14.6 Å². The summed E-state index contributed by atoms with van der Waals surface area (Å²) in [6.45, 7) is 0.614. The SMILES string of the molecule is OCN1CCC(O)C(F)C1. The minimum absolute atomic E-state index is 0.118. The van der Waals surface area contributed by atoms with Gasteiger partial charge in [0.2, 0.25) is 0 Å². The standard InChI is InChI=1S/C6H12FNO2/c7-5-3-8(4-9)2-1-6(5)10/h5-6,9-10H,1-4H2. The molecule has 0 amide bonds. The van der Waals surface area contributed by atoms with Crippen LogP contribution in [0.3, 0.4) is 0 Å². The number of piperidine rings is 1. The Hall–Kier alpha value is -0.190. The molecule has 10 heavy (non-hydrogen) atoms. The minimum atomic E-state index is -1.19. The lowest BCUT2D eigenvalue weighted by atomic mass is 10.1. The minimum Gasteiger partial charge on any atom is -0.390 e. The Bertz CT molecular complexity index is 112. The molecule has 1 rings (SSSR count). The van der Waals surface area contributed by atoms with E-state index in [1.54, 1.807) is 4.90 Å². The monoisotopic (exact) mass is 149 g/mol. The van der Waals surface area contributed by atoms with Crippen LogP contribution in [0, 0.1) is 0 Å². The van der Waals surface area contributed by atoms with Gasteiger partial charge in [0, 0.05) is 13.1 Å². The Balaban J connectivity index is 2.33. The van der Waals surface area contributed by atoms with Gasteiger partial charge in [0.05, 0.1) is 12.8 Å². The van der Waals surface area contributed by atoms with Crippen molar-refractivity contribution in [3.63, 3.8) is 0 Å². The molecule has 2 atom stereocenters. The molecular weight excluding hydrogens is 137 g/mol. The quantitative estimate of drug-likeness (QED) is 0.520. The van der Waals surface area contributed by atoms with E-state index in [0.717, 1.165) is 0 Å². The van der Waals surface area contributed by atoms with Crippen molar-refractivity contribution in [2.75, 3.05) is 19.8 Å². The second-order valence-electron chi connectivity index (χ2n) is 2.59. The molecule has 60 valence electrons. The Morgan fingerprint density at radius 2 is 2.30 bits per heavy atom. The van der Waals surface area contributed by atoms with Crippen molar-refractivity contribution in [1.29, 1.82) is 0 Å². The summed E-state index contributed by atoms with van der Waals surface area (Å²) >= 11 is 0. The van der Waals surface area contributed by atoms with E-state index >= 15 is 0 Å². The van der Waals surface area contributed by atoms with E-state index in [-0.39, 0.29) is 13.3 Å². The summed E-state index contributed by atoms with van der Waals surface area (Å²) in [6, 6.07) is 0. The summed E-state index contributed by atoms with van der Waals surface area (Å²) < 4.78 is 12.6. The highest BCUT2D eigenvalue weighted by atomic mass is 19.1. The predicted molar refractivity (Wildman–Crippen MR) is 34.2 cm³/mol. The van der Waals surface area contributed by atoms with Gasteiger partial charge in [0.1, 0.15) is 6.17 Å². The second-order valence-corrected chi connectivity index (χ2v) is 2.59. The first-order valence-corrected chi connectivity index (χ1v) is 3.39. The van der Waals surface area contributed by atoms with Crippen LogP contribution >= 0.6 is 0 Å². The summed E-state index contributed by atoms with van der Waals surface area (Å²) in [6.07, 6.45) is -1.61. The molecule has 4 heteroatoms. The Kier molecular flexibility index (Phi) is 2.59. The lowest BCUT2D eigenvalue weighted by Crippen LogP contribution is -2.44. The van der Waals surface area contributed by atoms with Crippen LogP contribution in [-0.2, 0) is 0 Å². The first-order chi connectivity index (χ1) is 4.74. The molecule has 0 bridgehead atoms. The molecule has 1 fully saturated rings. The molecule has 0 aromatic heterocycles. The zero-order valence-corrected chi connectivity index (χ0v) is 5.70. The topological polar surface area (TPSA) is 43.7 Å². The van der Waals surface area contributed by atoms with Crippen LogP contribution in [0.2, 0.25) is 0 Å². The van der Waals surface area contributed by atoms with E-state index in [9.17, 15) is 4.39 Å². The molecule has 0 aromatic rings. The van der Waals surface area contributed by atoms with Crippen LogP contribution in [0.5, 0.6) is 0 Å². The number of alkyl halides is 1. The summed E-state index contributed by atoms with van der Waals surface area (Å²) in [4.78, 5) is 1.57. The van der Waals surface area contributed by atoms with Crippen LogP contribution in [0.25, 0.3) is 0 Å². The third-order valence-corrected chi connectivity index (χ3v) is 1.79. The van der Waals surface area contributed by atoms with Gasteiger partial charge in [-0.1, -0.05) is 0 Å².